The van der Waals surface area contributed by atoms with Crippen molar-refractivity contribution in [1.82, 2.24) is 14.8 Å². The molecule has 1 amide bonds. The van der Waals surface area contributed by atoms with Crippen LogP contribution in [0.25, 0.3) is 0 Å². The molecule has 7 heteroatoms. The van der Waals surface area contributed by atoms with Crippen molar-refractivity contribution in [2.75, 3.05) is 13.1 Å². The van der Waals surface area contributed by atoms with Crippen molar-refractivity contribution in [3.05, 3.63) is 62.1 Å². The van der Waals surface area contributed by atoms with Crippen LogP contribution >= 0.6 is 22.7 Å². The lowest BCUT2D eigenvalue weighted by Crippen LogP contribution is -2.41. The first-order valence-electron chi connectivity index (χ1n) is 10.1. The lowest BCUT2D eigenvalue weighted by atomic mass is 9.95. The largest absolute Gasteiger partial charge is 0.467 e. The number of thiazole rings is 1. The number of rotatable bonds is 7. The summed E-state index contributed by atoms with van der Waals surface area (Å²) in [5.74, 6) is 1.17. The summed E-state index contributed by atoms with van der Waals surface area (Å²) in [6.07, 6.45) is 3.48. The maximum atomic E-state index is 13.4. The first-order valence-corrected chi connectivity index (χ1v) is 11.8. The van der Waals surface area contributed by atoms with E-state index in [9.17, 15) is 4.79 Å². The molecular weight excluding hydrogens is 402 g/mol. The summed E-state index contributed by atoms with van der Waals surface area (Å²) >= 11 is 3.46. The van der Waals surface area contributed by atoms with Crippen LogP contribution < -0.4 is 0 Å². The van der Waals surface area contributed by atoms with Crippen LogP contribution in [0.1, 0.15) is 39.1 Å². The second-order valence-corrected chi connectivity index (χ2v) is 10.1. The average molecular weight is 430 g/mol. The summed E-state index contributed by atoms with van der Waals surface area (Å²) in [6.45, 7) is 8.10. The maximum absolute atomic E-state index is 13.4. The summed E-state index contributed by atoms with van der Waals surface area (Å²) in [5.41, 5.74) is 1.14. The zero-order valence-corrected chi connectivity index (χ0v) is 18.6. The van der Waals surface area contributed by atoms with Crippen molar-refractivity contribution in [2.24, 2.45) is 5.92 Å². The highest BCUT2D eigenvalue weighted by atomic mass is 32.1. The molecule has 1 aliphatic rings. The van der Waals surface area contributed by atoms with Crippen molar-refractivity contribution in [2.45, 2.75) is 46.3 Å². The Hall–Kier alpha value is -1.96. The van der Waals surface area contributed by atoms with Crippen LogP contribution in [-0.2, 0) is 24.4 Å². The first-order chi connectivity index (χ1) is 14.1. The van der Waals surface area contributed by atoms with Crippen molar-refractivity contribution >= 4 is 28.6 Å². The molecule has 0 aliphatic carbocycles. The van der Waals surface area contributed by atoms with Crippen LogP contribution in [0.4, 0.5) is 0 Å². The van der Waals surface area contributed by atoms with Crippen LogP contribution in [-0.4, -0.2) is 33.8 Å². The molecule has 0 radical (unpaired) electrons. The molecule has 4 heterocycles. The lowest BCUT2D eigenvalue weighted by molar-refractivity contribution is -0.138. The summed E-state index contributed by atoms with van der Waals surface area (Å²) in [4.78, 5) is 24.8. The van der Waals surface area contributed by atoms with Gasteiger partial charge in [0.05, 0.1) is 30.1 Å². The number of thiophene rings is 1. The van der Waals surface area contributed by atoms with E-state index in [1.807, 2.05) is 24.0 Å². The molecule has 0 aromatic carbocycles. The van der Waals surface area contributed by atoms with Gasteiger partial charge in [-0.3, -0.25) is 9.69 Å². The normalized spacial score (nSPS) is 15.7. The van der Waals surface area contributed by atoms with E-state index >= 15 is 0 Å². The Balaban J connectivity index is 1.38. The molecule has 0 spiro atoms. The Morgan fingerprint density at radius 1 is 1.24 bits per heavy atom. The Kier molecular flexibility index (Phi) is 6.47. The summed E-state index contributed by atoms with van der Waals surface area (Å²) < 4.78 is 5.53. The van der Waals surface area contributed by atoms with Gasteiger partial charge in [0.15, 0.2) is 0 Å². The molecule has 0 N–H and O–H groups in total. The summed E-state index contributed by atoms with van der Waals surface area (Å²) in [5, 5.41) is 3.25. The monoisotopic (exact) mass is 429 g/mol. The molecular formula is C22H27N3O2S2. The fraction of sp³-hybridized carbons (Fsp3) is 0.455. The number of carbonyl (C=O) groups is 1. The van der Waals surface area contributed by atoms with E-state index in [1.54, 1.807) is 28.9 Å². The highest BCUT2D eigenvalue weighted by molar-refractivity contribution is 7.11. The lowest BCUT2D eigenvalue weighted by Gasteiger charge is -2.33. The zero-order valence-electron chi connectivity index (χ0n) is 17.0. The van der Waals surface area contributed by atoms with Gasteiger partial charge in [0.2, 0.25) is 5.91 Å². The van der Waals surface area contributed by atoms with E-state index in [4.69, 9.17) is 4.42 Å². The molecule has 29 heavy (non-hydrogen) atoms. The third-order valence-electron chi connectivity index (χ3n) is 5.37. The number of likely N-dealkylation sites (tertiary alicyclic amines) is 1. The van der Waals surface area contributed by atoms with Gasteiger partial charge < -0.3 is 9.32 Å². The quantitative estimate of drug-likeness (QED) is 0.538. The molecule has 1 saturated heterocycles. The second kappa shape index (κ2) is 9.24. The van der Waals surface area contributed by atoms with Crippen molar-refractivity contribution in [1.29, 1.82) is 0 Å². The van der Waals surface area contributed by atoms with Gasteiger partial charge >= 0.3 is 0 Å². The van der Waals surface area contributed by atoms with E-state index in [0.29, 0.717) is 13.1 Å². The maximum Gasteiger partial charge on any atom is 0.226 e. The van der Waals surface area contributed by atoms with Gasteiger partial charge in [-0.1, -0.05) is 0 Å². The van der Waals surface area contributed by atoms with Gasteiger partial charge in [-0.2, -0.15) is 0 Å². The zero-order chi connectivity index (χ0) is 20.2. The van der Waals surface area contributed by atoms with E-state index in [1.165, 1.54) is 9.75 Å². The molecule has 0 atom stereocenters. The topological polar surface area (TPSA) is 49.6 Å². The van der Waals surface area contributed by atoms with Crippen LogP contribution in [0.3, 0.4) is 0 Å². The fourth-order valence-electron chi connectivity index (χ4n) is 3.87. The third kappa shape index (κ3) is 5.35. The van der Waals surface area contributed by atoms with E-state index < -0.39 is 0 Å². The third-order valence-corrected chi connectivity index (χ3v) is 7.18. The predicted molar refractivity (Wildman–Crippen MR) is 117 cm³/mol. The molecule has 0 saturated carbocycles. The number of carbonyl (C=O) groups excluding carboxylic acids is 1. The second-order valence-electron chi connectivity index (χ2n) is 7.69. The van der Waals surface area contributed by atoms with Gasteiger partial charge in [-0.05, 0) is 64.0 Å². The molecule has 5 nitrogen and oxygen atoms in total. The Bertz CT molecular complexity index is 924. The molecule has 1 fully saturated rings. The number of hydrogen-bond donors (Lipinski definition) is 0. The van der Waals surface area contributed by atoms with Gasteiger partial charge in [0, 0.05) is 27.6 Å². The molecule has 1 aliphatic heterocycles. The van der Waals surface area contributed by atoms with E-state index in [2.05, 4.69) is 34.3 Å². The Labute approximate surface area is 180 Å². The highest BCUT2D eigenvalue weighted by Gasteiger charge is 2.29. The number of furan rings is 1. The predicted octanol–water partition coefficient (Wildman–Crippen LogP) is 4.86. The fourth-order valence-corrected chi connectivity index (χ4v) is 5.38. The minimum atomic E-state index is 0.0828. The number of aryl methyl sites for hydroxylation is 2. The van der Waals surface area contributed by atoms with Crippen LogP contribution in [0.5, 0.6) is 0 Å². The molecule has 0 bridgehead atoms. The molecule has 3 aromatic heterocycles. The molecule has 3 aromatic rings. The van der Waals surface area contributed by atoms with E-state index in [0.717, 1.165) is 48.9 Å². The van der Waals surface area contributed by atoms with Gasteiger partial charge in [0.25, 0.3) is 0 Å². The van der Waals surface area contributed by atoms with Crippen LogP contribution in [0.15, 0.2) is 40.3 Å². The number of aromatic nitrogens is 1. The Morgan fingerprint density at radius 2 is 2.07 bits per heavy atom. The molecule has 0 unspecified atom stereocenters. The number of nitrogens with zero attached hydrogens (tertiary/aromatic N) is 3. The van der Waals surface area contributed by atoms with Gasteiger partial charge in [-0.15, -0.1) is 22.7 Å². The van der Waals surface area contributed by atoms with Gasteiger partial charge in [0.1, 0.15) is 5.76 Å². The van der Waals surface area contributed by atoms with Crippen LogP contribution in [0.2, 0.25) is 0 Å². The number of amides is 1. The van der Waals surface area contributed by atoms with Crippen LogP contribution in [0, 0.1) is 19.8 Å². The molecule has 4 rings (SSSR count). The van der Waals surface area contributed by atoms with Crippen molar-refractivity contribution < 1.29 is 9.21 Å². The summed E-state index contributed by atoms with van der Waals surface area (Å²) in [7, 11) is 0. The van der Waals surface area contributed by atoms with Gasteiger partial charge in [-0.25, -0.2) is 4.98 Å². The average Bonchev–Trinajstić information content (AvgIpc) is 3.45. The smallest absolute Gasteiger partial charge is 0.226 e. The SMILES string of the molecule is Cc1ccc(CN(Cc2ccco2)C(=O)C2CCN(Cc3csc(C)n3)CC2)s1. The minimum absolute atomic E-state index is 0.0828. The standard InChI is InChI=1S/C22H27N3O2S2/c1-16-5-6-21(29-16)14-25(13-20-4-3-11-27-20)22(26)18-7-9-24(10-8-18)12-19-15-28-17(2)23-19/h3-6,11,15,18H,7-10,12-14H2,1-2H3. The number of piperidine rings is 1. The first kappa shape index (κ1) is 20.3. The van der Waals surface area contributed by atoms with Crippen molar-refractivity contribution in [3.8, 4) is 0 Å². The van der Waals surface area contributed by atoms with Crippen molar-refractivity contribution in [3.63, 3.8) is 0 Å². The Morgan fingerprint density at radius 3 is 2.69 bits per heavy atom. The minimum Gasteiger partial charge on any atom is -0.467 e. The summed E-state index contributed by atoms with van der Waals surface area (Å²) in [6, 6.07) is 8.07. The molecule has 154 valence electrons. The highest BCUT2D eigenvalue weighted by Crippen LogP contribution is 2.25. The number of hydrogen-bond acceptors (Lipinski definition) is 6. The van der Waals surface area contributed by atoms with E-state index in [-0.39, 0.29) is 11.8 Å².